The molecular formula is C17H20N6O2. The number of nitrogens with one attached hydrogen (secondary N) is 1. The second kappa shape index (κ2) is 7.25. The van der Waals surface area contributed by atoms with Gasteiger partial charge in [-0.15, -0.1) is 15.3 Å². The van der Waals surface area contributed by atoms with E-state index in [1.54, 1.807) is 10.9 Å². The average molecular weight is 340 g/mol. The molecule has 0 atom stereocenters. The van der Waals surface area contributed by atoms with Gasteiger partial charge in [0.1, 0.15) is 0 Å². The summed E-state index contributed by atoms with van der Waals surface area (Å²) in [5.41, 5.74) is 2.41. The van der Waals surface area contributed by atoms with Crippen molar-refractivity contribution in [1.29, 1.82) is 0 Å². The minimum atomic E-state index is -0.376. The second-order valence-corrected chi connectivity index (χ2v) is 5.79. The van der Waals surface area contributed by atoms with Crippen LogP contribution in [0.4, 0.5) is 0 Å². The van der Waals surface area contributed by atoms with Gasteiger partial charge in [-0.1, -0.05) is 31.2 Å². The molecule has 0 aliphatic heterocycles. The highest BCUT2D eigenvalue weighted by molar-refractivity contribution is 5.89. The van der Waals surface area contributed by atoms with Crippen molar-refractivity contribution in [3.05, 3.63) is 41.9 Å². The van der Waals surface area contributed by atoms with Crippen molar-refractivity contribution in [3.63, 3.8) is 0 Å². The predicted molar refractivity (Wildman–Crippen MR) is 91.2 cm³/mol. The van der Waals surface area contributed by atoms with E-state index in [1.807, 2.05) is 45.0 Å². The van der Waals surface area contributed by atoms with Crippen LogP contribution in [-0.2, 0) is 0 Å². The van der Waals surface area contributed by atoms with Crippen molar-refractivity contribution in [1.82, 2.24) is 30.5 Å². The number of carbonyl (C=O) groups is 1. The van der Waals surface area contributed by atoms with Crippen LogP contribution in [0.15, 0.2) is 34.9 Å². The quantitative estimate of drug-likeness (QED) is 0.740. The molecule has 0 saturated carbocycles. The van der Waals surface area contributed by atoms with Gasteiger partial charge in [-0.2, -0.15) is 0 Å². The fourth-order valence-electron chi connectivity index (χ4n) is 2.42. The van der Waals surface area contributed by atoms with Gasteiger partial charge in [0.05, 0.1) is 11.9 Å². The Labute approximate surface area is 145 Å². The molecule has 0 fully saturated rings. The lowest BCUT2D eigenvalue weighted by Crippen LogP contribution is -2.34. The number of nitrogens with zero attached hydrogens (tertiary/aromatic N) is 5. The highest BCUT2D eigenvalue weighted by Gasteiger charge is 2.19. The molecule has 2 heterocycles. The van der Waals surface area contributed by atoms with Gasteiger partial charge in [-0.05, 0) is 37.5 Å². The lowest BCUT2D eigenvalue weighted by atomic mass is 10.2. The molecule has 1 amide bonds. The maximum absolute atomic E-state index is 12.1. The Hall–Kier alpha value is -3.03. The average Bonchev–Trinajstić information content (AvgIpc) is 3.28. The largest absolute Gasteiger partial charge is 0.410 e. The summed E-state index contributed by atoms with van der Waals surface area (Å²) in [6, 6.07) is 7.95. The van der Waals surface area contributed by atoms with Gasteiger partial charge >= 0.3 is 11.8 Å². The number of carbonyl (C=O) groups excluding carboxylic acids is 1. The molecule has 0 unspecified atom stereocenters. The summed E-state index contributed by atoms with van der Waals surface area (Å²) in [5.74, 6) is -0.292. The molecular weight excluding hydrogens is 320 g/mol. The molecule has 3 rings (SSSR count). The van der Waals surface area contributed by atoms with E-state index in [1.165, 1.54) is 0 Å². The van der Waals surface area contributed by atoms with Crippen LogP contribution in [0, 0.1) is 6.92 Å². The third-order valence-corrected chi connectivity index (χ3v) is 3.92. The van der Waals surface area contributed by atoms with Crippen LogP contribution >= 0.6 is 0 Å². The maximum atomic E-state index is 12.1. The highest BCUT2D eigenvalue weighted by atomic mass is 16.4. The maximum Gasteiger partial charge on any atom is 0.309 e. The van der Waals surface area contributed by atoms with Crippen molar-refractivity contribution in [2.75, 3.05) is 0 Å². The van der Waals surface area contributed by atoms with Crippen LogP contribution in [0.2, 0.25) is 0 Å². The van der Waals surface area contributed by atoms with Crippen LogP contribution < -0.4 is 5.32 Å². The van der Waals surface area contributed by atoms with E-state index in [-0.39, 0.29) is 23.7 Å². The standard InChI is InChI=1S/C17H20N6O2/c1-4-12(5-2)18-15(24)17-21-20-16(25-17)14-10-23(22-19-14)13-8-6-7-11(3)9-13/h6-10,12H,4-5H2,1-3H3,(H,18,24). The normalized spacial score (nSPS) is 11.0. The molecule has 25 heavy (non-hydrogen) atoms. The fourth-order valence-corrected chi connectivity index (χ4v) is 2.42. The first-order valence-electron chi connectivity index (χ1n) is 8.24. The number of rotatable bonds is 6. The van der Waals surface area contributed by atoms with Crippen molar-refractivity contribution in [2.45, 2.75) is 39.7 Å². The summed E-state index contributed by atoms with van der Waals surface area (Å²) >= 11 is 0. The molecule has 130 valence electrons. The zero-order valence-electron chi connectivity index (χ0n) is 14.4. The monoisotopic (exact) mass is 340 g/mol. The summed E-state index contributed by atoms with van der Waals surface area (Å²) in [6.45, 7) is 6.03. The van der Waals surface area contributed by atoms with E-state index in [4.69, 9.17) is 4.42 Å². The molecule has 1 aromatic carbocycles. The molecule has 0 spiro atoms. The smallest absolute Gasteiger partial charge is 0.309 e. The summed E-state index contributed by atoms with van der Waals surface area (Å²) < 4.78 is 7.07. The van der Waals surface area contributed by atoms with Gasteiger partial charge < -0.3 is 9.73 Å². The van der Waals surface area contributed by atoms with Gasteiger partial charge in [0, 0.05) is 6.04 Å². The lowest BCUT2D eigenvalue weighted by Gasteiger charge is -2.12. The van der Waals surface area contributed by atoms with Crippen molar-refractivity contribution >= 4 is 5.91 Å². The third kappa shape index (κ3) is 3.73. The topological polar surface area (TPSA) is 98.7 Å². The number of hydrogen-bond acceptors (Lipinski definition) is 6. The molecule has 0 aliphatic carbocycles. The SMILES string of the molecule is CCC(CC)NC(=O)c1nnc(-c2cn(-c3cccc(C)c3)nn2)o1. The Morgan fingerprint density at radius 2 is 2.04 bits per heavy atom. The minimum absolute atomic E-state index is 0.0768. The van der Waals surface area contributed by atoms with Crippen LogP contribution in [-0.4, -0.2) is 37.1 Å². The molecule has 0 aliphatic rings. The van der Waals surface area contributed by atoms with Crippen LogP contribution in [0.1, 0.15) is 42.9 Å². The van der Waals surface area contributed by atoms with Gasteiger partial charge in [0.25, 0.3) is 5.89 Å². The Bertz CT molecular complexity index is 865. The summed E-state index contributed by atoms with van der Waals surface area (Å²) in [7, 11) is 0. The van der Waals surface area contributed by atoms with E-state index in [2.05, 4.69) is 25.8 Å². The molecule has 8 heteroatoms. The molecule has 2 aromatic heterocycles. The Morgan fingerprint density at radius 1 is 1.24 bits per heavy atom. The summed E-state index contributed by atoms with van der Waals surface area (Å²) in [4.78, 5) is 12.1. The lowest BCUT2D eigenvalue weighted by molar-refractivity contribution is 0.0900. The first-order valence-corrected chi connectivity index (χ1v) is 8.24. The molecule has 8 nitrogen and oxygen atoms in total. The number of amides is 1. The molecule has 3 aromatic rings. The molecule has 0 radical (unpaired) electrons. The Morgan fingerprint density at radius 3 is 2.76 bits per heavy atom. The third-order valence-electron chi connectivity index (χ3n) is 3.92. The summed E-state index contributed by atoms with van der Waals surface area (Å²) in [6.07, 6.45) is 3.37. The first kappa shape index (κ1) is 16.8. The van der Waals surface area contributed by atoms with E-state index >= 15 is 0 Å². The van der Waals surface area contributed by atoms with Crippen molar-refractivity contribution in [3.8, 4) is 17.3 Å². The van der Waals surface area contributed by atoms with Crippen LogP contribution in [0.3, 0.4) is 0 Å². The second-order valence-electron chi connectivity index (χ2n) is 5.79. The molecule has 0 bridgehead atoms. The van der Waals surface area contributed by atoms with Crippen LogP contribution in [0.5, 0.6) is 0 Å². The Balaban J connectivity index is 1.78. The molecule has 0 saturated heterocycles. The van der Waals surface area contributed by atoms with Crippen molar-refractivity contribution < 1.29 is 9.21 Å². The predicted octanol–water partition coefficient (Wildman–Crippen LogP) is 2.54. The van der Waals surface area contributed by atoms with Gasteiger partial charge in [-0.3, -0.25) is 4.79 Å². The number of hydrogen-bond donors (Lipinski definition) is 1. The number of aromatic nitrogens is 5. The Kier molecular flexibility index (Phi) is 4.87. The minimum Gasteiger partial charge on any atom is -0.410 e. The van der Waals surface area contributed by atoms with E-state index < -0.39 is 0 Å². The van der Waals surface area contributed by atoms with Gasteiger partial charge in [-0.25, -0.2) is 4.68 Å². The first-order chi connectivity index (χ1) is 12.1. The van der Waals surface area contributed by atoms with E-state index in [9.17, 15) is 4.79 Å². The summed E-state index contributed by atoms with van der Waals surface area (Å²) in [5, 5.41) is 18.7. The zero-order valence-corrected chi connectivity index (χ0v) is 14.4. The van der Waals surface area contributed by atoms with Crippen molar-refractivity contribution in [2.24, 2.45) is 0 Å². The van der Waals surface area contributed by atoms with Crippen LogP contribution in [0.25, 0.3) is 17.3 Å². The highest BCUT2D eigenvalue weighted by Crippen LogP contribution is 2.17. The number of aryl methyl sites for hydroxylation is 1. The zero-order chi connectivity index (χ0) is 17.8. The fraction of sp³-hybridized carbons (Fsp3) is 0.353. The molecule has 1 N–H and O–H groups in total. The van der Waals surface area contributed by atoms with E-state index in [0.29, 0.717) is 5.69 Å². The van der Waals surface area contributed by atoms with Gasteiger partial charge in [0.2, 0.25) is 0 Å². The van der Waals surface area contributed by atoms with E-state index in [0.717, 1.165) is 24.1 Å². The number of benzene rings is 1. The van der Waals surface area contributed by atoms with Gasteiger partial charge in [0.15, 0.2) is 5.69 Å².